The fraction of sp³-hybridized carbons (Fsp3) is 0.500. The first-order valence-corrected chi connectivity index (χ1v) is 6.11. The number of hydrogen-bond acceptors (Lipinski definition) is 1. The molecule has 0 saturated heterocycles. The van der Waals surface area contributed by atoms with Crippen molar-refractivity contribution in [3.05, 3.63) is 29.6 Å². The largest absolute Gasteiger partial charge is 0.497 e. The maximum Gasteiger partial charge on any atom is 0.131 e. The van der Waals surface area contributed by atoms with Crippen LogP contribution in [0.5, 0.6) is 5.75 Å². The maximum absolute atomic E-state index is 13.7. The Morgan fingerprint density at radius 2 is 2.20 bits per heavy atom. The number of methoxy groups -OCH3 is 1. The van der Waals surface area contributed by atoms with Crippen LogP contribution >= 0.6 is 15.9 Å². The lowest BCUT2D eigenvalue weighted by Gasteiger charge is -2.30. The molecule has 1 nitrogen and oxygen atoms in total. The van der Waals surface area contributed by atoms with E-state index >= 15 is 0 Å². The summed E-state index contributed by atoms with van der Waals surface area (Å²) >= 11 is 3.58. The van der Waals surface area contributed by atoms with Crippen LogP contribution in [0.3, 0.4) is 0 Å². The van der Waals surface area contributed by atoms with Crippen molar-refractivity contribution >= 4 is 15.9 Å². The molecule has 1 fully saturated rings. The maximum atomic E-state index is 13.7. The van der Waals surface area contributed by atoms with Gasteiger partial charge in [0.25, 0.3) is 0 Å². The highest BCUT2D eigenvalue weighted by atomic mass is 79.9. The third-order valence-electron chi connectivity index (χ3n) is 3.07. The SMILES string of the molecule is COc1ccc(C(Br)C2CCC2)c(F)c1. The zero-order chi connectivity index (χ0) is 10.8. The smallest absolute Gasteiger partial charge is 0.131 e. The van der Waals surface area contributed by atoms with E-state index < -0.39 is 0 Å². The molecular weight excluding hydrogens is 259 g/mol. The minimum absolute atomic E-state index is 0.150. The van der Waals surface area contributed by atoms with Crippen molar-refractivity contribution in [2.45, 2.75) is 24.1 Å². The predicted molar refractivity (Wildman–Crippen MR) is 62.0 cm³/mol. The van der Waals surface area contributed by atoms with Gasteiger partial charge in [-0.3, -0.25) is 0 Å². The van der Waals surface area contributed by atoms with Gasteiger partial charge >= 0.3 is 0 Å². The molecule has 82 valence electrons. The Morgan fingerprint density at radius 1 is 1.47 bits per heavy atom. The fourth-order valence-corrected chi connectivity index (χ4v) is 2.74. The molecule has 1 unspecified atom stereocenters. The van der Waals surface area contributed by atoms with E-state index in [1.165, 1.54) is 25.3 Å². The Labute approximate surface area is 97.8 Å². The first kappa shape index (κ1) is 10.9. The van der Waals surface area contributed by atoms with Crippen LogP contribution in [0.2, 0.25) is 0 Å². The van der Waals surface area contributed by atoms with E-state index in [0.29, 0.717) is 11.7 Å². The van der Waals surface area contributed by atoms with Gasteiger partial charge < -0.3 is 4.74 Å². The van der Waals surface area contributed by atoms with Gasteiger partial charge in [0.15, 0.2) is 0 Å². The molecule has 1 aromatic rings. The summed E-state index contributed by atoms with van der Waals surface area (Å²) in [4.78, 5) is 0.150. The summed E-state index contributed by atoms with van der Waals surface area (Å²) in [6.45, 7) is 0. The normalized spacial score (nSPS) is 18.3. The molecule has 3 heteroatoms. The van der Waals surface area contributed by atoms with Crippen LogP contribution in [0.1, 0.15) is 29.7 Å². The second-order valence-electron chi connectivity index (χ2n) is 3.98. The Morgan fingerprint density at radius 3 is 2.67 bits per heavy atom. The Bertz CT molecular complexity index is 349. The van der Waals surface area contributed by atoms with Crippen molar-refractivity contribution in [3.63, 3.8) is 0 Å². The van der Waals surface area contributed by atoms with Gasteiger partial charge in [-0.25, -0.2) is 4.39 Å². The number of alkyl halides is 1. The average Bonchev–Trinajstić information content (AvgIpc) is 2.14. The van der Waals surface area contributed by atoms with E-state index in [-0.39, 0.29) is 10.6 Å². The topological polar surface area (TPSA) is 9.23 Å². The Hall–Kier alpha value is -0.570. The Kier molecular flexibility index (Phi) is 3.29. The molecule has 0 N–H and O–H groups in total. The Balaban J connectivity index is 2.19. The van der Waals surface area contributed by atoms with Crippen LogP contribution < -0.4 is 4.74 Å². The average molecular weight is 273 g/mol. The molecule has 2 rings (SSSR count). The zero-order valence-corrected chi connectivity index (χ0v) is 10.3. The second kappa shape index (κ2) is 4.52. The van der Waals surface area contributed by atoms with Gasteiger partial charge in [0.2, 0.25) is 0 Å². The van der Waals surface area contributed by atoms with Crippen LogP contribution in [0, 0.1) is 11.7 Å². The molecule has 0 bridgehead atoms. The first-order chi connectivity index (χ1) is 7.22. The summed E-state index contributed by atoms with van der Waals surface area (Å²) in [6.07, 6.45) is 3.66. The van der Waals surface area contributed by atoms with Gasteiger partial charge in [-0.2, -0.15) is 0 Å². The minimum Gasteiger partial charge on any atom is -0.497 e. The minimum atomic E-state index is -0.178. The predicted octanol–water partition coefficient (Wildman–Crippen LogP) is 4.07. The summed E-state index contributed by atoms with van der Waals surface area (Å²) < 4.78 is 18.7. The van der Waals surface area contributed by atoms with Crippen molar-refractivity contribution in [1.82, 2.24) is 0 Å². The molecule has 0 spiro atoms. The third kappa shape index (κ3) is 2.17. The summed E-state index contributed by atoms with van der Waals surface area (Å²) in [5.74, 6) is 0.987. The summed E-state index contributed by atoms with van der Waals surface area (Å²) in [7, 11) is 1.55. The summed E-state index contributed by atoms with van der Waals surface area (Å²) in [5.41, 5.74) is 0.750. The first-order valence-electron chi connectivity index (χ1n) is 5.20. The number of rotatable bonds is 3. The molecule has 1 aliphatic rings. The van der Waals surface area contributed by atoms with Crippen LogP contribution in [0.15, 0.2) is 18.2 Å². The zero-order valence-electron chi connectivity index (χ0n) is 8.67. The van der Waals surface area contributed by atoms with Crippen LogP contribution in [-0.4, -0.2) is 7.11 Å². The molecule has 1 saturated carbocycles. The lowest BCUT2D eigenvalue weighted by molar-refractivity contribution is 0.308. The molecule has 0 aromatic heterocycles. The highest BCUT2D eigenvalue weighted by Gasteiger charge is 2.28. The van der Waals surface area contributed by atoms with E-state index in [9.17, 15) is 4.39 Å². The van der Waals surface area contributed by atoms with Crippen molar-refractivity contribution in [2.75, 3.05) is 7.11 Å². The lowest BCUT2D eigenvalue weighted by Crippen LogP contribution is -2.17. The van der Waals surface area contributed by atoms with Gasteiger partial charge in [0.05, 0.1) is 7.11 Å². The standard InChI is InChI=1S/C12H14BrFO/c1-15-9-5-6-10(11(14)7-9)12(13)8-3-2-4-8/h5-8,12H,2-4H2,1H3. The molecule has 0 aliphatic heterocycles. The number of halogens is 2. The van der Waals surface area contributed by atoms with Crippen molar-refractivity contribution < 1.29 is 9.13 Å². The van der Waals surface area contributed by atoms with E-state index in [1.54, 1.807) is 7.11 Å². The van der Waals surface area contributed by atoms with Gasteiger partial charge in [0.1, 0.15) is 11.6 Å². The monoisotopic (exact) mass is 272 g/mol. The van der Waals surface area contributed by atoms with Crippen LogP contribution in [0.4, 0.5) is 4.39 Å². The van der Waals surface area contributed by atoms with Gasteiger partial charge in [-0.15, -0.1) is 0 Å². The van der Waals surface area contributed by atoms with Gasteiger partial charge in [-0.05, 0) is 24.8 Å². The molecule has 1 aliphatic carbocycles. The lowest BCUT2D eigenvalue weighted by atomic mass is 9.81. The fourth-order valence-electron chi connectivity index (χ4n) is 1.84. The van der Waals surface area contributed by atoms with Crippen molar-refractivity contribution in [1.29, 1.82) is 0 Å². The van der Waals surface area contributed by atoms with Crippen LogP contribution in [0.25, 0.3) is 0 Å². The van der Waals surface area contributed by atoms with Crippen LogP contribution in [-0.2, 0) is 0 Å². The molecule has 0 amide bonds. The molecule has 0 radical (unpaired) electrons. The van der Waals surface area contributed by atoms with E-state index in [2.05, 4.69) is 15.9 Å². The molecule has 1 atom stereocenters. The quantitative estimate of drug-likeness (QED) is 0.754. The number of benzene rings is 1. The number of ether oxygens (including phenoxy) is 1. The van der Waals surface area contributed by atoms with E-state index in [4.69, 9.17) is 4.74 Å². The summed E-state index contributed by atoms with van der Waals surface area (Å²) in [5, 5.41) is 0. The molecule has 15 heavy (non-hydrogen) atoms. The summed E-state index contributed by atoms with van der Waals surface area (Å²) in [6, 6.07) is 5.07. The molecule has 1 aromatic carbocycles. The van der Waals surface area contributed by atoms with Crippen molar-refractivity contribution in [3.8, 4) is 5.75 Å². The van der Waals surface area contributed by atoms with E-state index in [1.807, 2.05) is 12.1 Å². The molecule has 0 heterocycles. The molecular formula is C12H14BrFO. The highest BCUT2D eigenvalue weighted by Crippen LogP contribution is 2.44. The third-order valence-corrected chi connectivity index (χ3v) is 4.31. The second-order valence-corrected chi connectivity index (χ2v) is 4.97. The highest BCUT2D eigenvalue weighted by molar-refractivity contribution is 9.09. The van der Waals surface area contributed by atoms with Crippen molar-refractivity contribution in [2.24, 2.45) is 5.92 Å². The number of hydrogen-bond donors (Lipinski definition) is 0. The van der Waals surface area contributed by atoms with Gasteiger partial charge in [0, 0.05) is 16.5 Å². The van der Waals surface area contributed by atoms with Gasteiger partial charge in [-0.1, -0.05) is 28.4 Å². The van der Waals surface area contributed by atoms with E-state index in [0.717, 1.165) is 5.56 Å².